The zero-order valence-electron chi connectivity index (χ0n) is 13.7. The molecule has 0 unspecified atom stereocenters. The Kier molecular flexibility index (Phi) is 6.40. The van der Waals surface area contributed by atoms with E-state index in [0.29, 0.717) is 16.7 Å². The monoisotopic (exact) mass is 345 g/mol. The van der Waals surface area contributed by atoms with Crippen LogP contribution < -0.4 is 4.72 Å². The normalized spacial score (nSPS) is 19.4. The van der Waals surface area contributed by atoms with Crippen molar-refractivity contribution < 1.29 is 8.42 Å². The van der Waals surface area contributed by atoms with Gasteiger partial charge in [0.2, 0.25) is 10.0 Å². The molecular weight excluding hydrogens is 318 g/mol. The molecule has 7 heteroatoms. The summed E-state index contributed by atoms with van der Waals surface area (Å²) in [6.07, 6.45) is 0.875. The Morgan fingerprint density at radius 3 is 2.55 bits per heavy atom. The number of hydrogen-bond donors (Lipinski definition) is 1. The van der Waals surface area contributed by atoms with Crippen molar-refractivity contribution in [3.05, 3.63) is 17.0 Å². The van der Waals surface area contributed by atoms with Gasteiger partial charge in [-0.3, -0.25) is 0 Å². The zero-order valence-corrected chi connectivity index (χ0v) is 15.3. The predicted molar refractivity (Wildman–Crippen MR) is 92.0 cm³/mol. The summed E-state index contributed by atoms with van der Waals surface area (Å²) in [5, 5.41) is 0. The number of piperazine rings is 1. The lowest BCUT2D eigenvalue weighted by atomic mass is 10.1. The van der Waals surface area contributed by atoms with Gasteiger partial charge in [0.25, 0.3) is 0 Å². The van der Waals surface area contributed by atoms with E-state index in [1.54, 1.807) is 6.07 Å². The summed E-state index contributed by atoms with van der Waals surface area (Å²) >= 11 is 1.36. The van der Waals surface area contributed by atoms with Crippen LogP contribution in [0, 0.1) is 5.92 Å². The second-order valence-electron chi connectivity index (χ2n) is 6.14. The van der Waals surface area contributed by atoms with Gasteiger partial charge in [-0.1, -0.05) is 13.8 Å². The molecule has 0 radical (unpaired) electrons. The first kappa shape index (κ1) is 17.9. The molecule has 126 valence electrons. The Morgan fingerprint density at radius 2 is 1.95 bits per heavy atom. The number of nitrogens with one attached hydrogen (secondary N) is 1. The van der Waals surface area contributed by atoms with Gasteiger partial charge in [0.15, 0.2) is 0 Å². The lowest BCUT2D eigenvalue weighted by Gasteiger charge is -2.33. The van der Waals surface area contributed by atoms with E-state index >= 15 is 0 Å². The first-order chi connectivity index (χ1) is 10.4. The van der Waals surface area contributed by atoms with E-state index in [1.807, 2.05) is 13.0 Å². The third kappa shape index (κ3) is 5.03. The third-order valence-electron chi connectivity index (χ3n) is 4.04. The minimum Gasteiger partial charge on any atom is -0.304 e. The number of nitrogens with zero attached hydrogens (tertiary/aromatic N) is 2. The number of sulfonamides is 1. The van der Waals surface area contributed by atoms with Crippen molar-refractivity contribution in [2.75, 3.05) is 46.3 Å². The van der Waals surface area contributed by atoms with Crippen molar-refractivity contribution in [3.8, 4) is 0 Å². The van der Waals surface area contributed by atoms with Gasteiger partial charge in [0.05, 0.1) is 0 Å². The van der Waals surface area contributed by atoms with Gasteiger partial charge in [-0.05, 0) is 31.5 Å². The fourth-order valence-corrected chi connectivity index (χ4v) is 5.06. The van der Waals surface area contributed by atoms with Crippen LogP contribution in [-0.2, 0) is 16.4 Å². The minimum atomic E-state index is -3.35. The Labute approximate surface area is 138 Å². The summed E-state index contributed by atoms with van der Waals surface area (Å²) in [5.41, 5.74) is 0. The van der Waals surface area contributed by atoms with Gasteiger partial charge in [-0.2, -0.15) is 0 Å². The summed E-state index contributed by atoms with van der Waals surface area (Å²) in [4.78, 5) is 5.84. The summed E-state index contributed by atoms with van der Waals surface area (Å²) in [6, 6.07) is 3.60. The highest BCUT2D eigenvalue weighted by molar-refractivity contribution is 7.91. The van der Waals surface area contributed by atoms with Crippen LogP contribution in [0.5, 0.6) is 0 Å². The van der Waals surface area contributed by atoms with E-state index in [9.17, 15) is 8.42 Å². The number of thiophene rings is 1. The first-order valence-electron chi connectivity index (χ1n) is 7.90. The van der Waals surface area contributed by atoms with Crippen LogP contribution >= 0.6 is 11.3 Å². The molecule has 0 saturated carbocycles. The fourth-order valence-electron chi connectivity index (χ4n) is 2.55. The maximum Gasteiger partial charge on any atom is 0.250 e. The second kappa shape index (κ2) is 7.88. The predicted octanol–water partition coefficient (Wildman–Crippen LogP) is 1.47. The van der Waals surface area contributed by atoms with Crippen LogP contribution in [-0.4, -0.2) is 64.5 Å². The molecule has 1 aliphatic heterocycles. The summed E-state index contributed by atoms with van der Waals surface area (Å²) in [7, 11) is -1.21. The quantitative estimate of drug-likeness (QED) is 0.813. The first-order valence-corrected chi connectivity index (χ1v) is 10.2. The van der Waals surface area contributed by atoms with E-state index < -0.39 is 10.0 Å². The lowest BCUT2D eigenvalue weighted by molar-refractivity contribution is 0.139. The summed E-state index contributed by atoms with van der Waals surface area (Å²) in [5.74, 6) is 0.309. The molecule has 1 N–H and O–H groups in total. The molecule has 0 amide bonds. The molecule has 1 aromatic heterocycles. The van der Waals surface area contributed by atoms with Gasteiger partial charge < -0.3 is 9.80 Å². The van der Waals surface area contributed by atoms with Crippen molar-refractivity contribution in [1.82, 2.24) is 14.5 Å². The molecule has 2 heterocycles. The van der Waals surface area contributed by atoms with Crippen molar-refractivity contribution in [3.63, 3.8) is 0 Å². The average molecular weight is 346 g/mol. The fraction of sp³-hybridized carbons (Fsp3) is 0.733. The standard InChI is InChI=1S/C15H27N3O2S2/c1-4-14-5-6-15(21-14)22(19,20)16-11-13(2)12-18-9-7-17(3)8-10-18/h5-6,13,16H,4,7-12H2,1-3H3/t13-/m1/s1. The summed E-state index contributed by atoms with van der Waals surface area (Å²) < 4.78 is 27.7. The van der Waals surface area contributed by atoms with Crippen LogP contribution in [0.15, 0.2) is 16.3 Å². The highest BCUT2D eigenvalue weighted by atomic mass is 32.2. The van der Waals surface area contributed by atoms with Crippen molar-refractivity contribution in [1.29, 1.82) is 0 Å². The van der Waals surface area contributed by atoms with Gasteiger partial charge in [0.1, 0.15) is 4.21 Å². The number of aryl methyl sites for hydroxylation is 1. The highest BCUT2D eigenvalue weighted by Crippen LogP contribution is 2.21. The molecule has 0 aliphatic carbocycles. The Hall–Kier alpha value is -0.470. The average Bonchev–Trinajstić information content (AvgIpc) is 2.98. The van der Waals surface area contributed by atoms with Crippen LogP contribution in [0.3, 0.4) is 0 Å². The van der Waals surface area contributed by atoms with Crippen molar-refractivity contribution >= 4 is 21.4 Å². The van der Waals surface area contributed by atoms with Gasteiger partial charge in [-0.15, -0.1) is 11.3 Å². The summed E-state index contributed by atoms with van der Waals surface area (Å²) in [6.45, 7) is 9.90. The van der Waals surface area contributed by atoms with Crippen molar-refractivity contribution in [2.45, 2.75) is 24.5 Å². The molecule has 1 saturated heterocycles. The maximum absolute atomic E-state index is 12.3. The van der Waals surface area contributed by atoms with E-state index in [2.05, 4.69) is 28.5 Å². The number of rotatable bonds is 7. The largest absolute Gasteiger partial charge is 0.304 e. The van der Waals surface area contributed by atoms with Crippen LogP contribution in [0.25, 0.3) is 0 Å². The molecule has 1 atom stereocenters. The Morgan fingerprint density at radius 1 is 1.27 bits per heavy atom. The molecule has 0 aromatic carbocycles. The van der Waals surface area contributed by atoms with Crippen molar-refractivity contribution in [2.24, 2.45) is 5.92 Å². The van der Waals surface area contributed by atoms with Crippen LogP contribution in [0.1, 0.15) is 18.7 Å². The number of hydrogen-bond acceptors (Lipinski definition) is 5. The lowest BCUT2D eigenvalue weighted by Crippen LogP contribution is -2.46. The van der Waals surface area contributed by atoms with E-state index in [1.165, 1.54) is 11.3 Å². The third-order valence-corrected chi connectivity index (χ3v) is 7.18. The van der Waals surface area contributed by atoms with Crippen LogP contribution in [0.4, 0.5) is 0 Å². The topological polar surface area (TPSA) is 52.7 Å². The molecule has 1 aromatic rings. The molecule has 1 fully saturated rings. The molecular formula is C15H27N3O2S2. The molecule has 1 aliphatic rings. The molecule has 0 spiro atoms. The van der Waals surface area contributed by atoms with Gasteiger partial charge in [-0.25, -0.2) is 13.1 Å². The van der Waals surface area contributed by atoms with E-state index in [4.69, 9.17) is 0 Å². The highest BCUT2D eigenvalue weighted by Gasteiger charge is 2.20. The minimum absolute atomic E-state index is 0.309. The molecule has 2 rings (SSSR count). The van der Waals surface area contributed by atoms with Gasteiger partial charge >= 0.3 is 0 Å². The van der Waals surface area contributed by atoms with Gasteiger partial charge in [0, 0.05) is 44.1 Å². The molecule has 22 heavy (non-hydrogen) atoms. The second-order valence-corrected chi connectivity index (χ2v) is 9.30. The molecule has 5 nitrogen and oxygen atoms in total. The smallest absolute Gasteiger partial charge is 0.250 e. The van der Waals surface area contributed by atoms with E-state index in [0.717, 1.165) is 44.0 Å². The SMILES string of the molecule is CCc1ccc(S(=O)(=O)NC[C@@H](C)CN2CCN(C)CC2)s1. The van der Waals surface area contributed by atoms with Crippen LogP contribution in [0.2, 0.25) is 0 Å². The Balaban J connectivity index is 1.81. The zero-order chi connectivity index (χ0) is 16.2. The maximum atomic E-state index is 12.3. The number of likely N-dealkylation sites (N-methyl/N-ethyl adjacent to an activating group) is 1. The molecule has 0 bridgehead atoms. The Bertz CT molecular complexity index is 563. The van der Waals surface area contributed by atoms with E-state index in [-0.39, 0.29) is 0 Å².